The van der Waals surface area contributed by atoms with Crippen molar-refractivity contribution in [2.75, 3.05) is 0 Å². The quantitative estimate of drug-likeness (QED) is 0.606. The van der Waals surface area contributed by atoms with Crippen LogP contribution >= 0.6 is 23.2 Å². The Labute approximate surface area is 101 Å². The lowest BCUT2D eigenvalue weighted by Gasteiger charge is -2.00. The zero-order valence-electron chi connectivity index (χ0n) is 7.76. The van der Waals surface area contributed by atoms with Crippen LogP contribution in [-0.2, 0) is 0 Å². The highest BCUT2D eigenvalue weighted by molar-refractivity contribution is 6.68. The van der Waals surface area contributed by atoms with Crippen LogP contribution in [0.2, 0.25) is 5.15 Å². The first kappa shape index (κ1) is 10.9. The molecule has 0 saturated heterocycles. The van der Waals surface area contributed by atoms with Crippen LogP contribution in [0.3, 0.4) is 0 Å². The van der Waals surface area contributed by atoms with Gasteiger partial charge in [-0.2, -0.15) is 0 Å². The van der Waals surface area contributed by atoms with E-state index in [-0.39, 0.29) is 16.5 Å². The Kier molecular flexibility index (Phi) is 3.07. The average Bonchev–Trinajstić information content (AvgIpc) is 2.29. The Morgan fingerprint density at radius 3 is 2.38 bits per heavy atom. The van der Waals surface area contributed by atoms with Crippen LogP contribution in [0.1, 0.15) is 10.4 Å². The summed E-state index contributed by atoms with van der Waals surface area (Å²) < 4.78 is 0. The third-order valence-corrected chi connectivity index (χ3v) is 2.21. The average molecular weight is 255 g/mol. The van der Waals surface area contributed by atoms with Gasteiger partial charge in [0, 0.05) is 18.6 Å². The highest BCUT2D eigenvalue weighted by Crippen LogP contribution is 2.17. The van der Waals surface area contributed by atoms with Crippen molar-refractivity contribution in [3.63, 3.8) is 0 Å². The van der Waals surface area contributed by atoms with Gasteiger partial charge in [-0.25, -0.2) is 19.9 Å². The van der Waals surface area contributed by atoms with Crippen LogP contribution in [0.25, 0.3) is 11.6 Å². The molecule has 0 aliphatic heterocycles. The van der Waals surface area contributed by atoms with Gasteiger partial charge in [-0.15, -0.1) is 0 Å². The number of aromatic nitrogens is 4. The van der Waals surface area contributed by atoms with Gasteiger partial charge in [0.25, 0.3) is 5.24 Å². The van der Waals surface area contributed by atoms with Gasteiger partial charge in [-0.1, -0.05) is 11.6 Å². The van der Waals surface area contributed by atoms with E-state index in [1.807, 2.05) is 0 Å². The number of nitrogens with zero attached hydrogens (tertiary/aromatic N) is 4. The van der Waals surface area contributed by atoms with Gasteiger partial charge >= 0.3 is 0 Å². The minimum atomic E-state index is -0.703. The molecule has 0 aliphatic carbocycles. The minimum absolute atomic E-state index is 0.0162. The second-order valence-corrected chi connectivity index (χ2v) is 3.45. The predicted molar refractivity (Wildman–Crippen MR) is 58.3 cm³/mol. The molecule has 0 radical (unpaired) electrons. The van der Waals surface area contributed by atoms with Gasteiger partial charge < -0.3 is 0 Å². The summed E-state index contributed by atoms with van der Waals surface area (Å²) in [4.78, 5) is 26.6. The topological polar surface area (TPSA) is 68.6 Å². The second kappa shape index (κ2) is 4.51. The Balaban J connectivity index is 2.46. The van der Waals surface area contributed by atoms with Gasteiger partial charge in [0.2, 0.25) is 0 Å². The van der Waals surface area contributed by atoms with Crippen molar-refractivity contribution in [2.45, 2.75) is 0 Å². The van der Waals surface area contributed by atoms with Crippen molar-refractivity contribution in [3.8, 4) is 11.6 Å². The molecule has 2 aromatic heterocycles. The van der Waals surface area contributed by atoms with E-state index in [1.165, 1.54) is 6.20 Å². The first-order chi connectivity index (χ1) is 7.68. The third-order valence-electron chi connectivity index (χ3n) is 1.72. The fraction of sp³-hybridized carbons (Fsp3) is 0. The summed E-state index contributed by atoms with van der Waals surface area (Å²) in [7, 11) is 0. The summed E-state index contributed by atoms with van der Waals surface area (Å²) in [5, 5.41) is -0.719. The van der Waals surface area contributed by atoms with Gasteiger partial charge in [0.1, 0.15) is 5.15 Å². The molecule has 0 atom stereocenters. The highest BCUT2D eigenvalue weighted by atomic mass is 35.5. The fourth-order valence-corrected chi connectivity index (χ4v) is 1.42. The van der Waals surface area contributed by atoms with E-state index in [9.17, 15) is 4.79 Å². The zero-order chi connectivity index (χ0) is 11.5. The van der Waals surface area contributed by atoms with E-state index >= 15 is 0 Å². The maximum atomic E-state index is 10.9. The first-order valence-corrected chi connectivity index (χ1v) is 4.94. The summed E-state index contributed by atoms with van der Waals surface area (Å²) in [6.07, 6.45) is 4.36. The molecule has 80 valence electrons. The number of halogens is 2. The molecule has 0 aliphatic rings. The summed E-state index contributed by atoms with van der Waals surface area (Å²) in [5.41, 5.74) is 0.0583. The summed E-state index contributed by atoms with van der Waals surface area (Å²) in [5.74, 6) is 0.574. The number of rotatable bonds is 2. The lowest BCUT2D eigenvalue weighted by atomic mass is 10.3. The fourth-order valence-electron chi connectivity index (χ4n) is 1.02. The molecule has 0 spiro atoms. The van der Waals surface area contributed by atoms with Crippen LogP contribution in [0, 0.1) is 0 Å². The maximum Gasteiger partial charge on any atom is 0.257 e. The monoisotopic (exact) mass is 254 g/mol. The van der Waals surface area contributed by atoms with Gasteiger partial charge in [0.15, 0.2) is 11.6 Å². The molecule has 5 nitrogen and oxygen atoms in total. The lowest BCUT2D eigenvalue weighted by molar-refractivity contribution is 0.108. The summed E-state index contributed by atoms with van der Waals surface area (Å²) >= 11 is 11.0. The Hall–Kier alpha value is -1.59. The molecule has 0 amide bonds. The molecular formula is C9H4Cl2N4O. The molecule has 2 rings (SSSR count). The standard InChI is InChI=1S/C9H4Cl2N4O/c10-6-5(7(11)16)4-14-9(15-6)8-12-2-1-3-13-8/h1-4H. The lowest BCUT2D eigenvalue weighted by Crippen LogP contribution is -1.99. The molecule has 0 unspecified atom stereocenters. The summed E-state index contributed by atoms with van der Waals surface area (Å²) in [6, 6.07) is 1.67. The van der Waals surface area contributed by atoms with E-state index in [4.69, 9.17) is 23.2 Å². The highest BCUT2D eigenvalue weighted by Gasteiger charge is 2.12. The molecule has 0 bridgehead atoms. The zero-order valence-corrected chi connectivity index (χ0v) is 9.27. The molecular weight excluding hydrogens is 251 g/mol. The van der Waals surface area contributed by atoms with Crippen molar-refractivity contribution in [1.29, 1.82) is 0 Å². The second-order valence-electron chi connectivity index (χ2n) is 2.74. The predicted octanol–water partition coefficient (Wildman–Crippen LogP) is 1.97. The molecule has 0 aromatic carbocycles. The molecule has 0 saturated carbocycles. The molecule has 0 N–H and O–H groups in total. The van der Waals surface area contributed by atoms with Crippen molar-refractivity contribution in [1.82, 2.24) is 19.9 Å². The smallest absolute Gasteiger partial charge is 0.257 e. The van der Waals surface area contributed by atoms with E-state index in [0.717, 1.165) is 0 Å². The normalized spacial score (nSPS) is 10.1. The van der Waals surface area contributed by atoms with Gasteiger partial charge in [-0.3, -0.25) is 4.79 Å². The molecule has 7 heteroatoms. The Morgan fingerprint density at radius 1 is 1.12 bits per heavy atom. The van der Waals surface area contributed by atoms with Crippen molar-refractivity contribution >= 4 is 28.4 Å². The van der Waals surface area contributed by atoms with Crippen LogP contribution in [-0.4, -0.2) is 25.2 Å². The number of hydrogen-bond donors (Lipinski definition) is 0. The molecule has 2 aromatic rings. The summed E-state index contributed by atoms with van der Waals surface area (Å²) in [6.45, 7) is 0. The Bertz CT molecular complexity index is 532. The van der Waals surface area contributed by atoms with Gasteiger partial charge in [0.05, 0.1) is 5.56 Å². The number of carbonyl (C=O) groups is 1. The van der Waals surface area contributed by atoms with Crippen LogP contribution < -0.4 is 0 Å². The van der Waals surface area contributed by atoms with E-state index in [0.29, 0.717) is 5.82 Å². The van der Waals surface area contributed by atoms with Crippen molar-refractivity contribution < 1.29 is 4.79 Å². The van der Waals surface area contributed by atoms with Crippen LogP contribution in [0.4, 0.5) is 0 Å². The van der Waals surface area contributed by atoms with Crippen LogP contribution in [0.5, 0.6) is 0 Å². The Morgan fingerprint density at radius 2 is 1.81 bits per heavy atom. The number of hydrogen-bond acceptors (Lipinski definition) is 5. The largest absolute Gasteiger partial charge is 0.275 e. The maximum absolute atomic E-state index is 10.9. The van der Waals surface area contributed by atoms with Crippen molar-refractivity contribution in [3.05, 3.63) is 35.4 Å². The molecule has 16 heavy (non-hydrogen) atoms. The third kappa shape index (κ3) is 2.15. The number of carbonyl (C=O) groups excluding carboxylic acids is 1. The SMILES string of the molecule is O=C(Cl)c1cnc(-c2ncccn2)nc1Cl. The van der Waals surface area contributed by atoms with Crippen molar-refractivity contribution in [2.24, 2.45) is 0 Å². The van der Waals surface area contributed by atoms with Gasteiger partial charge in [-0.05, 0) is 17.7 Å². The van der Waals surface area contributed by atoms with E-state index in [1.54, 1.807) is 18.5 Å². The molecule has 2 heterocycles. The minimum Gasteiger partial charge on any atom is -0.275 e. The van der Waals surface area contributed by atoms with E-state index in [2.05, 4.69) is 19.9 Å². The molecule has 0 fully saturated rings. The van der Waals surface area contributed by atoms with E-state index < -0.39 is 5.24 Å². The van der Waals surface area contributed by atoms with Crippen LogP contribution in [0.15, 0.2) is 24.7 Å². The first-order valence-electron chi connectivity index (χ1n) is 4.18.